The molecule has 1 fully saturated rings. The van der Waals surface area contributed by atoms with Crippen LogP contribution < -0.4 is 4.90 Å². The molecule has 6 heteroatoms. The van der Waals surface area contributed by atoms with Gasteiger partial charge in [0.15, 0.2) is 0 Å². The van der Waals surface area contributed by atoms with E-state index >= 15 is 0 Å². The van der Waals surface area contributed by atoms with Gasteiger partial charge in [0.25, 0.3) is 11.7 Å². The van der Waals surface area contributed by atoms with Crippen molar-refractivity contribution >= 4 is 23.1 Å². The van der Waals surface area contributed by atoms with Crippen molar-refractivity contribution in [3.8, 4) is 0 Å². The number of hydrogen-bond acceptors (Lipinski definition) is 4. The average molecular weight is 430 g/mol. The first-order valence-corrected chi connectivity index (χ1v) is 10.6. The summed E-state index contributed by atoms with van der Waals surface area (Å²) < 4.78 is 13.4. The maximum Gasteiger partial charge on any atom is 0.300 e. The van der Waals surface area contributed by atoms with Crippen molar-refractivity contribution in [1.82, 2.24) is 4.98 Å². The van der Waals surface area contributed by atoms with Gasteiger partial charge in [-0.15, -0.1) is 0 Å². The first-order chi connectivity index (χ1) is 15.5. The molecule has 0 saturated carbocycles. The zero-order valence-corrected chi connectivity index (χ0v) is 17.7. The van der Waals surface area contributed by atoms with Crippen molar-refractivity contribution in [2.75, 3.05) is 4.90 Å². The van der Waals surface area contributed by atoms with Crippen molar-refractivity contribution < 1.29 is 19.1 Å². The lowest BCUT2D eigenvalue weighted by atomic mass is 9.98. The van der Waals surface area contributed by atoms with Crippen LogP contribution >= 0.6 is 0 Å². The number of rotatable bonds is 6. The number of aliphatic hydroxyl groups is 1. The van der Waals surface area contributed by atoms with Crippen LogP contribution in [0, 0.1) is 5.82 Å². The van der Waals surface area contributed by atoms with E-state index in [1.165, 1.54) is 29.2 Å². The average Bonchev–Trinajstić information content (AvgIpc) is 3.09. The molecule has 1 unspecified atom stereocenters. The Hall–Kier alpha value is -3.80. The monoisotopic (exact) mass is 430 g/mol. The number of benzene rings is 2. The van der Waals surface area contributed by atoms with E-state index in [1.54, 1.807) is 24.4 Å². The third-order valence-corrected chi connectivity index (χ3v) is 5.56. The van der Waals surface area contributed by atoms with Crippen molar-refractivity contribution in [2.24, 2.45) is 0 Å². The summed E-state index contributed by atoms with van der Waals surface area (Å²) in [5, 5.41) is 11.0. The molecule has 0 bridgehead atoms. The van der Waals surface area contributed by atoms with Crippen LogP contribution in [0.1, 0.15) is 42.6 Å². The number of nitrogens with zero attached hydrogens (tertiary/aromatic N) is 2. The van der Waals surface area contributed by atoms with Crippen LogP contribution in [-0.2, 0) is 16.0 Å². The lowest BCUT2D eigenvalue weighted by molar-refractivity contribution is -0.132. The first-order valence-electron chi connectivity index (χ1n) is 10.6. The van der Waals surface area contributed by atoms with Crippen LogP contribution in [0.3, 0.4) is 0 Å². The van der Waals surface area contributed by atoms with Gasteiger partial charge in [0.1, 0.15) is 17.6 Å². The molecule has 162 valence electrons. The summed E-state index contributed by atoms with van der Waals surface area (Å²) in [6.07, 6.45) is 4.65. The fraction of sp³-hybridized carbons (Fsp3) is 0.192. The minimum atomic E-state index is -0.900. The number of carbonyl (C=O) groups excluding carboxylic acids is 2. The van der Waals surface area contributed by atoms with E-state index in [4.69, 9.17) is 0 Å². The highest BCUT2D eigenvalue weighted by atomic mass is 19.1. The van der Waals surface area contributed by atoms with Crippen LogP contribution in [0.4, 0.5) is 10.1 Å². The van der Waals surface area contributed by atoms with Gasteiger partial charge in [-0.3, -0.25) is 19.5 Å². The van der Waals surface area contributed by atoms with Crippen molar-refractivity contribution in [2.45, 2.75) is 32.2 Å². The second-order valence-corrected chi connectivity index (χ2v) is 7.70. The number of Topliss-reactive ketones (excluding diaryl/α,β-unsaturated/α-hetero) is 1. The molecule has 4 rings (SSSR count). The summed E-state index contributed by atoms with van der Waals surface area (Å²) in [4.78, 5) is 31.9. The van der Waals surface area contributed by atoms with Gasteiger partial charge >= 0.3 is 0 Å². The summed E-state index contributed by atoms with van der Waals surface area (Å²) >= 11 is 0. The Morgan fingerprint density at radius 1 is 1.03 bits per heavy atom. The predicted molar refractivity (Wildman–Crippen MR) is 120 cm³/mol. The number of anilines is 1. The van der Waals surface area contributed by atoms with E-state index in [0.29, 0.717) is 11.4 Å². The van der Waals surface area contributed by atoms with Gasteiger partial charge in [-0.1, -0.05) is 31.5 Å². The standard InChI is InChI=1S/C26H23FN2O3/c1-2-3-6-17-8-14-20(15-9-17)29-23(21-7-4-5-16-28-21)22(25(31)26(29)32)24(30)18-10-12-19(27)13-11-18/h4-5,7-16,23,30H,2-3,6H2,1H3/b24-22-. The molecule has 0 spiro atoms. The zero-order chi connectivity index (χ0) is 22.7. The van der Waals surface area contributed by atoms with Gasteiger partial charge in [0.2, 0.25) is 0 Å². The highest BCUT2D eigenvalue weighted by Gasteiger charge is 2.47. The second-order valence-electron chi connectivity index (χ2n) is 7.70. The SMILES string of the molecule is CCCCc1ccc(N2C(=O)C(=O)/C(=C(\O)c3ccc(F)cc3)C2c2ccccn2)cc1. The molecule has 1 N–H and O–H groups in total. The number of aryl methyl sites for hydroxylation is 1. The summed E-state index contributed by atoms with van der Waals surface area (Å²) in [5.41, 5.74) is 2.31. The van der Waals surface area contributed by atoms with E-state index in [1.807, 2.05) is 24.3 Å². The lowest BCUT2D eigenvalue weighted by Gasteiger charge is -2.24. The number of hydrogen-bond donors (Lipinski definition) is 1. The van der Waals surface area contributed by atoms with Gasteiger partial charge in [-0.25, -0.2) is 4.39 Å². The molecule has 1 saturated heterocycles. The number of pyridine rings is 1. The fourth-order valence-electron chi connectivity index (χ4n) is 3.88. The smallest absolute Gasteiger partial charge is 0.300 e. The Bertz CT molecular complexity index is 1160. The minimum absolute atomic E-state index is 0.0737. The molecule has 0 radical (unpaired) electrons. The van der Waals surface area contributed by atoms with E-state index in [-0.39, 0.29) is 16.9 Å². The van der Waals surface area contributed by atoms with Crippen molar-refractivity contribution in [1.29, 1.82) is 0 Å². The molecule has 2 aromatic carbocycles. The number of halogens is 1. The molecule has 1 atom stereocenters. The summed E-state index contributed by atoms with van der Waals surface area (Å²) in [6, 6.07) is 16.9. The van der Waals surface area contributed by atoms with Crippen LogP contribution in [0.5, 0.6) is 0 Å². The molecule has 0 aliphatic carbocycles. The lowest BCUT2D eigenvalue weighted by Crippen LogP contribution is -2.29. The van der Waals surface area contributed by atoms with Crippen LogP contribution in [-0.4, -0.2) is 21.8 Å². The van der Waals surface area contributed by atoms with Gasteiger partial charge in [0, 0.05) is 17.4 Å². The molecule has 2 heterocycles. The third-order valence-electron chi connectivity index (χ3n) is 5.56. The molecular weight excluding hydrogens is 407 g/mol. The summed E-state index contributed by atoms with van der Waals surface area (Å²) in [5.74, 6) is -2.38. The van der Waals surface area contributed by atoms with Crippen LogP contribution in [0.25, 0.3) is 5.76 Å². The zero-order valence-electron chi connectivity index (χ0n) is 17.7. The quantitative estimate of drug-likeness (QED) is 0.332. The number of aliphatic hydroxyl groups excluding tert-OH is 1. The van der Waals surface area contributed by atoms with Gasteiger partial charge in [0.05, 0.1) is 11.3 Å². The van der Waals surface area contributed by atoms with Crippen molar-refractivity contribution in [3.63, 3.8) is 0 Å². The Labute approximate surface area is 185 Å². The highest BCUT2D eigenvalue weighted by molar-refractivity contribution is 6.51. The molecule has 32 heavy (non-hydrogen) atoms. The largest absolute Gasteiger partial charge is 0.507 e. The van der Waals surface area contributed by atoms with E-state index in [0.717, 1.165) is 24.8 Å². The Morgan fingerprint density at radius 2 is 1.75 bits per heavy atom. The maximum absolute atomic E-state index is 13.4. The molecule has 1 amide bonds. The van der Waals surface area contributed by atoms with Crippen molar-refractivity contribution in [3.05, 3.63) is 101 Å². The Kier molecular flexibility index (Phi) is 6.12. The van der Waals surface area contributed by atoms with Crippen LogP contribution in [0.15, 0.2) is 78.5 Å². The number of aromatic nitrogens is 1. The second kappa shape index (κ2) is 9.14. The molecule has 5 nitrogen and oxygen atoms in total. The van der Waals surface area contributed by atoms with Crippen LogP contribution in [0.2, 0.25) is 0 Å². The first kappa shape index (κ1) is 21.4. The van der Waals surface area contributed by atoms with E-state index in [9.17, 15) is 19.1 Å². The fourth-order valence-corrected chi connectivity index (χ4v) is 3.88. The number of ketones is 1. The van der Waals surface area contributed by atoms with Gasteiger partial charge in [-0.2, -0.15) is 0 Å². The molecular formula is C26H23FN2O3. The summed E-state index contributed by atoms with van der Waals surface area (Å²) in [7, 11) is 0. The number of unbranched alkanes of at least 4 members (excludes halogenated alkanes) is 1. The number of amides is 1. The molecule has 1 aliphatic heterocycles. The van der Waals surface area contributed by atoms with Gasteiger partial charge < -0.3 is 5.11 Å². The third kappa shape index (κ3) is 4.04. The minimum Gasteiger partial charge on any atom is -0.507 e. The number of carbonyl (C=O) groups is 2. The normalized spacial score (nSPS) is 17.7. The van der Waals surface area contributed by atoms with E-state index in [2.05, 4.69) is 11.9 Å². The highest BCUT2D eigenvalue weighted by Crippen LogP contribution is 2.41. The topological polar surface area (TPSA) is 70.5 Å². The Balaban J connectivity index is 1.83. The molecule has 3 aromatic rings. The van der Waals surface area contributed by atoms with E-state index < -0.39 is 23.5 Å². The predicted octanol–water partition coefficient (Wildman–Crippen LogP) is 5.19. The maximum atomic E-state index is 13.4. The van der Waals surface area contributed by atoms with Gasteiger partial charge in [-0.05, 0) is 66.9 Å². The molecule has 1 aliphatic rings. The molecule has 1 aromatic heterocycles. The Morgan fingerprint density at radius 3 is 2.38 bits per heavy atom. The summed E-state index contributed by atoms with van der Waals surface area (Å²) in [6.45, 7) is 2.13.